The molecule has 0 aliphatic carbocycles. The van der Waals surface area contributed by atoms with Gasteiger partial charge in [-0.3, -0.25) is 4.79 Å². The van der Waals surface area contributed by atoms with E-state index in [2.05, 4.69) is 0 Å². The highest BCUT2D eigenvalue weighted by molar-refractivity contribution is 5.85. The zero-order chi connectivity index (χ0) is 11.6. The van der Waals surface area contributed by atoms with Gasteiger partial charge in [0.1, 0.15) is 5.78 Å². The van der Waals surface area contributed by atoms with E-state index in [4.69, 9.17) is 15.2 Å². The van der Waals surface area contributed by atoms with E-state index in [-0.39, 0.29) is 17.9 Å². The third kappa shape index (κ3) is 2.29. The van der Waals surface area contributed by atoms with Gasteiger partial charge in [0.15, 0.2) is 0 Å². The lowest BCUT2D eigenvalue weighted by molar-refractivity contribution is -0.129. The zero-order valence-electron chi connectivity index (χ0n) is 9.91. The van der Waals surface area contributed by atoms with Crippen molar-refractivity contribution < 1.29 is 14.3 Å². The van der Waals surface area contributed by atoms with Crippen molar-refractivity contribution in [3.63, 3.8) is 0 Å². The van der Waals surface area contributed by atoms with Crippen LogP contribution in [0.4, 0.5) is 0 Å². The number of ether oxygens (including phenoxy) is 2. The summed E-state index contributed by atoms with van der Waals surface area (Å²) < 4.78 is 10.8. The Hall–Kier alpha value is -0.450. The maximum atomic E-state index is 12.1. The Balaban J connectivity index is 1.82. The molecule has 2 heterocycles. The Morgan fingerprint density at radius 2 is 2.38 bits per heavy atom. The SMILES string of the molecule is CC1(C(=O)CCC2CCCO2)COCC1N. The quantitative estimate of drug-likeness (QED) is 0.774. The fraction of sp³-hybridized carbons (Fsp3) is 0.917. The summed E-state index contributed by atoms with van der Waals surface area (Å²) in [6, 6.07) is -0.149. The molecular weight excluding hydrogens is 206 g/mol. The van der Waals surface area contributed by atoms with Gasteiger partial charge in [-0.25, -0.2) is 0 Å². The van der Waals surface area contributed by atoms with Crippen LogP contribution in [0.15, 0.2) is 0 Å². The summed E-state index contributed by atoms with van der Waals surface area (Å²) in [6.07, 6.45) is 3.90. The van der Waals surface area contributed by atoms with Crippen molar-refractivity contribution in [1.82, 2.24) is 0 Å². The first-order valence-electron chi connectivity index (χ1n) is 6.11. The highest BCUT2D eigenvalue weighted by Gasteiger charge is 2.43. The molecule has 4 nitrogen and oxygen atoms in total. The zero-order valence-corrected chi connectivity index (χ0v) is 9.91. The molecule has 92 valence electrons. The molecule has 2 fully saturated rings. The molecule has 0 radical (unpaired) electrons. The largest absolute Gasteiger partial charge is 0.379 e. The average molecular weight is 227 g/mol. The lowest BCUT2D eigenvalue weighted by Gasteiger charge is -2.25. The molecule has 3 atom stereocenters. The van der Waals surface area contributed by atoms with Crippen molar-refractivity contribution >= 4 is 5.78 Å². The summed E-state index contributed by atoms with van der Waals surface area (Å²) >= 11 is 0. The van der Waals surface area contributed by atoms with Gasteiger partial charge in [0, 0.05) is 19.1 Å². The number of hydrogen-bond donors (Lipinski definition) is 1. The molecule has 16 heavy (non-hydrogen) atoms. The normalized spacial score (nSPS) is 39.1. The number of nitrogens with two attached hydrogens (primary N) is 1. The summed E-state index contributed by atoms with van der Waals surface area (Å²) in [7, 11) is 0. The number of Topliss-reactive ketones (excluding diaryl/α,β-unsaturated/α-hetero) is 1. The van der Waals surface area contributed by atoms with Gasteiger partial charge in [-0.05, 0) is 26.2 Å². The summed E-state index contributed by atoms with van der Waals surface area (Å²) in [5, 5.41) is 0. The van der Waals surface area contributed by atoms with Crippen LogP contribution in [0.25, 0.3) is 0 Å². The molecule has 2 rings (SSSR count). The van der Waals surface area contributed by atoms with Gasteiger partial charge in [0.05, 0.1) is 24.7 Å². The third-order valence-corrected chi connectivity index (χ3v) is 3.87. The molecule has 0 aromatic rings. The van der Waals surface area contributed by atoms with Crippen LogP contribution in [-0.2, 0) is 14.3 Å². The van der Waals surface area contributed by atoms with Crippen LogP contribution in [0.3, 0.4) is 0 Å². The van der Waals surface area contributed by atoms with Crippen molar-refractivity contribution in [1.29, 1.82) is 0 Å². The van der Waals surface area contributed by atoms with Crippen molar-refractivity contribution in [3.05, 3.63) is 0 Å². The standard InChI is InChI=1S/C12H21NO3/c1-12(8-15-7-10(12)13)11(14)5-4-9-3-2-6-16-9/h9-10H,2-8,13H2,1H3. The van der Waals surface area contributed by atoms with E-state index < -0.39 is 5.41 Å². The fourth-order valence-electron chi connectivity index (χ4n) is 2.43. The van der Waals surface area contributed by atoms with Crippen LogP contribution in [0, 0.1) is 5.41 Å². The molecule has 0 aromatic heterocycles. The first-order valence-corrected chi connectivity index (χ1v) is 6.11. The maximum Gasteiger partial charge on any atom is 0.142 e. The van der Waals surface area contributed by atoms with E-state index in [1.807, 2.05) is 6.92 Å². The van der Waals surface area contributed by atoms with Crippen LogP contribution in [0.5, 0.6) is 0 Å². The number of carbonyl (C=O) groups excluding carboxylic acids is 1. The molecule has 2 N–H and O–H groups in total. The minimum atomic E-state index is -0.474. The summed E-state index contributed by atoms with van der Waals surface area (Å²) in [6.45, 7) is 3.74. The Morgan fingerprint density at radius 3 is 2.94 bits per heavy atom. The number of carbonyl (C=O) groups is 1. The van der Waals surface area contributed by atoms with Gasteiger partial charge in [-0.15, -0.1) is 0 Å². The maximum absolute atomic E-state index is 12.1. The smallest absolute Gasteiger partial charge is 0.142 e. The van der Waals surface area contributed by atoms with Gasteiger partial charge < -0.3 is 15.2 Å². The molecule has 0 bridgehead atoms. The van der Waals surface area contributed by atoms with Crippen LogP contribution in [0.1, 0.15) is 32.6 Å². The average Bonchev–Trinajstić information content (AvgIpc) is 2.87. The highest BCUT2D eigenvalue weighted by Crippen LogP contribution is 2.30. The molecule has 2 aliphatic heterocycles. The second-order valence-electron chi connectivity index (χ2n) is 5.14. The Kier molecular flexibility index (Phi) is 3.62. The molecule has 3 unspecified atom stereocenters. The van der Waals surface area contributed by atoms with Crippen LogP contribution >= 0.6 is 0 Å². The monoisotopic (exact) mass is 227 g/mol. The van der Waals surface area contributed by atoms with Crippen LogP contribution in [-0.4, -0.2) is 37.7 Å². The molecule has 0 saturated carbocycles. The van der Waals surface area contributed by atoms with Crippen molar-refractivity contribution in [3.8, 4) is 0 Å². The molecule has 0 spiro atoms. The molecular formula is C12H21NO3. The highest BCUT2D eigenvalue weighted by atomic mass is 16.5. The predicted molar refractivity (Wildman–Crippen MR) is 60.1 cm³/mol. The number of rotatable bonds is 4. The fourth-order valence-corrected chi connectivity index (χ4v) is 2.43. The Bertz CT molecular complexity index is 263. The lowest BCUT2D eigenvalue weighted by atomic mass is 9.79. The molecule has 2 aliphatic rings. The molecule has 2 saturated heterocycles. The minimum absolute atomic E-state index is 0.149. The van der Waals surface area contributed by atoms with E-state index in [1.165, 1.54) is 0 Å². The summed E-state index contributed by atoms with van der Waals surface area (Å²) in [5.74, 6) is 0.230. The van der Waals surface area contributed by atoms with Crippen LogP contribution in [0.2, 0.25) is 0 Å². The van der Waals surface area contributed by atoms with Crippen molar-refractivity contribution in [2.75, 3.05) is 19.8 Å². The van der Waals surface area contributed by atoms with Gasteiger partial charge >= 0.3 is 0 Å². The lowest BCUT2D eigenvalue weighted by Crippen LogP contribution is -2.44. The van der Waals surface area contributed by atoms with Gasteiger partial charge in [-0.2, -0.15) is 0 Å². The van der Waals surface area contributed by atoms with Gasteiger partial charge in [-0.1, -0.05) is 0 Å². The molecule has 4 heteroatoms. The Morgan fingerprint density at radius 1 is 1.56 bits per heavy atom. The number of ketones is 1. The topological polar surface area (TPSA) is 61.5 Å². The first-order chi connectivity index (χ1) is 7.63. The predicted octanol–water partition coefficient (Wildman–Crippen LogP) is 0.879. The van der Waals surface area contributed by atoms with Crippen molar-refractivity contribution in [2.45, 2.75) is 44.8 Å². The second-order valence-corrected chi connectivity index (χ2v) is 5.14. The third-order valence-electron chi connectivity index (χ3n) is 3.87. The van der Waals surface area contributed by atoms with Crippen LogP contribution < -0.4 is 5.73 Å². The van der Waals surface area contributed by atoms with Gasteiger partial charge in [0.2, 0.25) is 0 Å². The van der Waals surface area contributed by atoms with E-state index >= 15 is 0 Å². The molecule has 0 amide bonds. The summed E-state index contributed by atoms with van der Waals surface area (Å²) in [5.41, 5.74) is 5.45. The van der Waals surface area contributed by atoms with E-state index in [9.17, 15) is 4.79 Å². The van der Waals surface area contributed by atoms with E-state index in [1.54, 1.807) is 0 Å². The van der Waals surface area contributed by atoms with E-state index in [0.29, 0.717) is 19.6 Å². The van der Waals surface area contributed by atoms with Gasteiger partial charge in [0.25, 0.3) is 0 Å². The number of hydrogen-bond acceptors (Lipinski definition) is 4. The Labute approximate surface area is 96.5 Å². The van der Waals surface area contributed by atoms with Crippen molar-refractivity contribution in [2.24, 2.45) is 11.1 Å². The summed E-state index contributed by atoms with van der Waals surface area (Å²) in [4.78, 5) is 12.1. The first kappa shape index (κ1) is 12.0. The molecule has 0 aromatic carbocycles. The second kappa shape index (κ2) is 4.82. The van der Waals surface area contributed by atoms with E-state index in [0.717, 1.165) is 25.9 Å². The minimum Gasteiger partial charge on any atom is -0.379 e.